The second-order valence-electron chi connectivity index (χ2n) is 10.3. The van der Waals surface area contributed by atoms with Gasteiger partial charge in [0.2, 0.25) is 0 Å². The number of benzene rings is 1. The van der Waals surface area contributed by atoms with E-state index in [4.69, 9.17) is 27.2 Å². The first-order chi connectivity index (χ1) is 17.7. The van der Waals surface area contributed by atoms with Crippen LogP contribution >= 0.6 is 11.6 Å². The Labute approximate surface area is 223 Å². The summed E-state index contributed by atoms with van der Waals surface area (Å²) in [4.78, 5) is 13.8. The molecule has 1 saturated heterocycles. The Hall–Kier alpha value is -2.40. The SMILES string of the molecule is C#CO.CC1CC1.NC(=O)c1cc(C2CC2)c(CN2CCC(OCC3=C(Cl)CC(F)C=C3)CC2)cc1F. The third kappa shape index (κ3) is 9.45. The molecular formula is C29H37ClF2N2O3. The zero-order valence-corrected chi connectivity index (χ0v) is 22.2. The van der Waals surface area contributed by atoms with Gasteiger partial charge in [0.05, 0.1) is 18.3 Å². The van der Waals surface area contributed by atoms with Gasteiger partial charge in [0.15, 0.2) is 0 Å². The number of allylic oxidation sites excluding steroid dienone is 2. The van der Waals surface area contributed by atoms with Gasteiger partial charge in [0, 0.05) is 31.1 Å². The molecule has 202 valence electrons. The number of nitrogens with zero attached hydrogens (tertiary/aromatic N) is 1. The molecule has 3 fully saturated rings. The molecule has 1 atom stereocenters. The highest BCUT2D eigenvalue weighted by molar-refractivity contribution is 6.30. The smallest absolute Gasteiger partial charge is 0.251 e. The molecule has 1 aromatic carbocycles. The first kappa shape index (κ1) is 29.2. The van der Waals surface area contributed by atoms with Crippen LogP contribution in [0.5, 0.6) is 0 Å². The molecule has 0 radical (unpaired) electrons. The second kappa shape index (κ2) is 13.9. The maximum Gasteiger partial charge on any atom is 0.251 e. The predicted octanol–water partition coefficient (Wildman–Crippen LogP) is 5.94. The van der Waals surface area contributed by atoms with Crippen molar-refractivity contribution in [2.45, 2.75) is 76.6 Å². The van der Waals surface area contributed by atoms with Crippen molar-refractivity contribution < 1.29 is 23.4 Å². The number of carbonyl (C=O) groups is 1. The normalized spacial score (nSPS) is 21.9. The van der Waals surface area contributed by atoms with Gasteiger partial charge >= 0.3 is 0 Å². The molecule has 3 N–H and O–H groups in total. The molecule has 0 aromatic heterocycles. The summed E-state index contributed by atoms with van der Waals surface area (Å²) in [6.07, 6.45) is 14.9. The van der Waals surface area contributed by atoms with Crippen molar-refractivity contribution >= 4 is 17.5 Å². The number of halogens is 3. The molecule has 8 heteroatoms. The first-order valence-corrected chi connectivity index (χ1v) is 13.3. The highest BCUT2D eigenvalue weighted by atomic mass is 35.5. The van der Waals surface area contributed by atoms with E-state index in [1.54, 1.807) is 12.1 Å². The Morgan fingerprint density at radius 2 is 1.86 bits per heavy atom. The monoisotopic (exact) mass is 534 g/mol. The largest absolute Gasteiger partial charge is 0.462 e. The van der Waals surface area contributed by atoms with Crippen LogP contribution in [-0.2, 0) is 11.3 Å². The summed E-state index contributed by atoms with van der Waals surface area (Å²) in [5.41, 5.74) is 8.16. The number of rotatable bonds is 7. The molecule has 5 rings (SSSR count). The number of carbonyl (C=O) groups excluding carboxylic acids is 1. The van der Waals surface area contributed by atoms with E-state index in [0.29, 0.717) is 24.1 Å². The van der Waals surface area contributed by atoms with Crippen LogP contribution in [0.2, 0.25) is 0 Å². The number of nitrogens with two attached hydrogens (primary N) is 1. The Morgan fingerprint density at radius 1 is 1.24 bits per heavy atom. The van der Waals surface area contributed by atoms with E-state index in [0.717, 1.165) is 61.4 Å². The minimum Gasteiger partial charge on any atom is -0.462 e. The Bertz CT molecular complexity index is 1040. The zero-order valence-electron chi connectivity index (χ0n) is 21.4. The Balaban J connectivity index is 0.000000477. The summed E-state index contributed by atoms with van der Waals surface area (Å²) in [6, 6.07) is 3.13. The van der Waals surface area contributed by atoms with E-state index < -0.39 is 17.9 Å². The van der Waals surface area contributed by atoms with E-state index in [2.05, 4.69) is 18.2 Å². The van der Waals surface area contributed by atoms with Crippen LogP contribution in [0.1, 0.15) is 79.3 Å². The number of aliphatic hydroxyl groups is 1. The summed E-state index contributed by atoms with van der Waals surface area (Å²) in [5.74, 6) is 0.232. The van der Waals surface area contributed by atoms with Crippen LogP contribution in [0.4, 0.5) is 8.78 Å². The molecule has 1 unspecified atom stereocenters. The zero-order chi connectivity index (χ0) is 26.9. The quantitative estimate of drug-likeness (QED) is 0.424. The second-order valence-corrected chi connectivity index (χ2v) is 10.7. The van der Waals surface area contributed by atoms with Crippen molar-refractivity contribution in [2.75, 3.05) is 19.7 Å². The topological polar surface area (TPSA) is 75.8 Å². The van der Waals surface area contributed by atoms with Crippen LogP contribution in [-0.4, -0.2) is 47.9 Å². The molecule has 1 aromatic rings. The third-order valence-corrected chi connectivity index (χ3v) is 7.41. The van der Waals surface area contributed by atoms with Gasteiger partial charge in [-0.2, -0.15) is 0 Å². The first-order valence-electron chi connectivity index (χ1n) is 13.0. The molecule has 1 amide bonds. The number of amides is 1. The number of piperidine rings is 1. The molecule has 0 spiro atoms. The van der Waals surface area contributed by atoms with Crippen molar-refractivity contribution in [3.63, 3.8) is 0 Å². The minimum absolute atomic E-state index is 0.0171. The van der Waals surface area contributed by atoms with Gasteiger partial charge < -0.3 is 15.6 Å². The van der Waals surface area contributed by atoms with Crippen molar-refractivity contribution in [2.24, 2.45) is 11.7 Å². The molecule has 1 heterocycles. The van der Waals surface area contributed by atoms with Crippen molar-refractivity contribution in [3.05, 3.63) is 57.4 Å². The molecule has 4 aliphatic rings. The van der Waals surface area contributed by atoms with Crippen LogP contribution in [0.15, 0.2) is 34.9 Å². The van der Waals surface area contributed by atoms with Gasteiger partial charge in [-0.25, -0.2) is 8.78 Å². The van der Waals surface area contributed by atoms with Crippen LogP contribution < -0.4 is 5.73 Å². The van der Waals surface area contributed by atoms with Crippen molar-refractivity contribution in [1.82, 2.24) is 4.90 Å². The molecule has 0 bridgehead atoms. The third-order valence-electron chi connectivity index (χ3n) is 7.01. The lowest BCUT2D eigenvalue weighted by atomic mass is 9.97. The fraction of sp³-hybridized carbons (Fsp3) is 0.552. The Kier molecular flexibility index (Phi) is 11.0. The summed E-state index contributed by atoms with van der Waals surface area (Å²) in [5, 5.41) is 7.64. The highest BCUT2D eigenvalue weighted by Gasteiger charge is 2.29. The Morgan fingerprint density at radius 3 is 2.38 bits per heavy atom. The average Bonchev–Trinajstić information content (AvgIpc) is 3.78. The molecule has 2 saturated carbocycles. The molecule has 3 aliphatic carbocycles. The number of primary amides is 1. The molecular weight excluding hydrogens is 498 g/mol. The fourth-order valence-electron chi connectivity index (χ4n) is 4.39. The summed E-state index contributed by atoms with van der Waals surface area (Å²) >= 11 is 6.14. The lowest BCUT2D eigenvalue weighted by Crippen LogP contribution is -2.37. The fourth-order valence-corrected chi connectivity index (χ4v) is 4.65. The molecule has 37 heavy (non-hydrogen) atoms. The van der Waals surface area contributed by atoms with Crippen LogP contribution in [0.25, 0.3) is 0 Å². The van der Waals surface area contributed by atoms with Gasteiger partial charge in [-0.3, -0.25) is 9.69 Å². The van der Waals surface area contributed by atoms with E-state index in [1.165, 1.54) is 31.1 Å². The van der Waals surface area contributed by atoms with Crippen molar-refractivity contribution in [3.8, 4) is 12.5 Å². The maximum atomic E-state index is 14.3. The number of aliphatic hydroxyl groups excluding tert-OH is 1. The number of terminal acetylenes is 1. The average molecular weight is 535 g/mol. The highest BCUT2D eigenvalue weighted by Crippen LogP contribution is 2.43. The predicted molar refractivity (Wildman–Crippen MR) is 142 cm³/mol. The van der Waals surface area contributed by atoms with Crippen LogP contribution in [0, 0.1) is 24.3 Å². The number of alkyl halides is 1. The molecule has 1 aliphatic heterocycles. The van der Waals surface area contributed by atoms with Gasteiger partial charge in [-0.05, 0) is 72.4 Å². The summed E-state index contributed by atoms with van der Waals surface area (Å²) in [7, 11) is 0. The number of hydrogen-bond donors (Lipinski definition) is 2. The number of hydrogen-bond acceptors (Lipinski definition) is 4. The van der Waals surface area contributed by atoms with Crippen molar-refractivity contribution in [1.29, 1.82) is 0 Å². The van der Waals surface area contributed by atoms with Gasteiger partial charge in [0.25, 0.3) is 5.91 Å². The van der Waals surface area contributed by atoms with E-state index in [-0.39, 0.29) is 18.1 Å². The van der Waals surface area contributed by atoms with E-state index >= 15 is 0 Å². The summed E-state index contributed by atoms with van der Waals surface area (Å²) < 4.78 is 33.6. The van der Waals surface area contributed by atoms with E-state index in [9.17, 15) is 13.6 Å². The van der Waals surface area contributed by atoms with Gasteiger partial charge in [-0.1, -0.05) is 43.9 Å². The maximum absolute atomic E-state index is 14.3. The summed E-state index contributed by atoms with van der Waals surface area (Å²) in [6.45, 7) is 5.04. The number of likely N-dealkylation sites (tertiary alicyclic amines) is 1. The van der Waals surface area contributed by atoms with Crippen LogP contribution in [0.3, 0.4) is 0 Å². The molecule has 5 nitrogen and oxygen atoms in total. The van der Waals surface area contributed by atoms with E-state index in [1.807, 2.05) is 0 Å². The number of ether oxygens (including phenoxy) is 1. The van der Waals surface area contributed by atoms with Gasteiger partial charge in [-0.15, -0.1) is 0 Å². The lowest BCUT2D eigenvalue weighted by molar-refractivity contribution is 0.0177. The minimum atomic E-state index is -1.01. The van der Waals surface area contributed by atoms with Gasteiger partial charge in [0.1, 0.15) is 18.1 Å². The lowest BCUT2D eigenvalue weighted by Gasteiger charge is -2.32. The standard InChI is InChI=1S/C23H27ClF2N2O2.C4H8.C2H2O/c24-21-10-17(25)4-3-15(21)13-30-18-5-7-28(8-6-18)12-16-9-22(26)20(23(27)29)11-19(16)14-1-2-14;1-4-2-3-4;1-2-3/h3-4,9,11,14,17-18H,1-2,5-8,10,12-13H2,(H2,27,29);4H,2-3H2,1H3;1,3H.